The van der Waals surface area contributed by atoms with Crippen LogP contribution in [0.4, 0.5) is 0 Å². The third kappa shape index (κ3) is 8.80. The molecule has 1 aliphatic heterocycles. The predicted molar refractivity (Wildman–Crippen MR) is 163 cm³/mol. The van der Waals surface area contributed by atoms with Gasteiger partial charge in [0, 0.05) is 31.8 Å². The summed E-state index contributed by atoms with van der Waals surface area (Å²) >= 11 is 0. The molecule has 2 unspecified atom stereocenters. The highest BCUT2D eigenvalue weighted by Gasteiger charge is 2.35. The van der Waals surface area contributed by atoms with Gasteiger partial charge in [0.05, 0.1) is 30.2 Å². The van der Waals surface area contributed by atoms with E-state index in [1.54, 1.807) is 32.0 Å². The SMILES string of the molecule is C#CCCC(=O)N(NC(=O)CNC1CC1)C(Cc1ccccc1)[C@H](O)CNC(C(C)C)S(=O)(=O)c1ccc2c(c1)CCO2. The fraction of sp³-hybridized carbons (Fsp3) is 0.500. The second-order valence-electron chi connectivity index (χ2n) is 11.5. The zero-order valence-electron chi connectivity index (χ0n) is 24.8. The van der Waals surface area contributed by atoms with E-state index in [1.165, 1.54) is 5.01 Å². The van der Waals surface area contributed by atoms with E-state index in [-0.39, 0.29) is 43.2 Å². The van der Waals surface area contributed by atoms with Gasteiger partial charge in [-0.2, -0.15) is 0 Å². The summed E-state index contributed by atoms with van der Waals surface area (Å²) in [7, 11) is -3.84. The Kier molecular flexibility index (Phi) is 11.2. The topological polar surface area (TPSA) is 137 Å². The molecule has 1 fully saturated rings. The van der Waals surface area contributed by atoms with Gasteiger partial charge >= 0.3 is 0 Å². The van der Waals surface area contributed by atoms with E-state index in [4.69, 9.17) is 11.2 Å². The lowest BCUT2D eigenvalue weighted by molar-refractivity contribution is -0.147. The van der Waals surface area contributed by atoms with Crippen molar-refractivity contribution in [2.45, 2.75) is 80.8 Å². The lowest BCUT2D eigenvalue weighted by Gasteiger charge is -2.36. The molecule has 2 aromatic carbocycles. The first-order chi connectivity index (χ1) is 20.6. The number of hydrogen-bond acceptors (Lipinski definition) is 8. The van der Waals surface area contributed by atoms with Gasteiger partial charge < -0.3 is 15.2 Å². The molecular formula is C32H42N4O6S. The summed E-state index contributed by atoms with van der Waals surface area (Å²) in [6, 6.07) is 13.6. The molecule has 0 aromatic heterocycles. The molecule has 4 N–H and O–H groups in total. The first kappa shape index (κ1) is 32.5. The van der Waals surface area contributed by atoms with Gasteiger partial charge in [0.2, 0.25) is 5.91 Å². The molecule has 1 heterocycles. The largest absolute Gasteiger partial charge is 0.493 e. The Labute approximate surface area is 254 Å². The van der Waals surface area contributed by atoms with Crippen molar-refractivity contribution < 1.29 is 27.9 Å². The number of aliphatic hydroxyl groups is 1. The number of carbonyl (C=O) groups excluding carboxylic acids is 2. The molecule has 10 nitrogen and oxygen atoms in total. The maximum atomic E-state index is 13.8. The minimum absolute atomic E-state index is 0.0233. The molecule has 0 saturated heterocycles. The first-order valence-corrected chi connectivity index (χ1v) is 16.4. The monoisotopic (exact) mass is 610 g/mol. The number of terminal acetylenes is 1. The summed E-state index contributed by atoms with van der Waals surface area (Å²) in [5.41, 5.74) is 4.38. The number of sulfone groups is 1. The number of nitrogens with one attached hydrogen (secondary N) is 3. The predicted octanol–water partition coefficient (Wildman–Crippen LogP) is 1.96. The van der Waals surface area contributed by atoms with Crippen molar-refractivity contribution in [1.82, 2.24) is 21.1 Å². The highest BCUT2D eigenvalue weighted by Crippen LogP contribution is 2.30. The Balaban J connectivity index is 1.56. The molecule has 11 heteroatoms. The van der Waals surface area contributed by atoms with Crippen LogP contribution in [0.2, 0.25) is 0 Å². The number of rotatable bonds is 15. The molecule has 0 bridgehead atoms. The fourth-order valence-corrected chi connectivity index (χ4v) is 7.04. The number of hydrazine groups is 1. The minimum atomic E-state index is -3.84. The highest BCUT2D eigenvalue weighted by atomic mass is 32.2. The third-order valence-electron chi connectivity index (χ3n) is 7.65. The zero-order valence-corrected chi connectivity index (χ0v) is 25.6. The van der Waals surface area contributed by atoms with Gasteiger partial charge in [-0.15, -0.1) is 12.3 Å². The van der Waals surface area contributed by atoms with Crippen LogP contribution in [0.3, 0.4) is 0 Å². The van der Waals surface area contributed by atoms with Crippen molar-refractivity contribution >= 4 is 21.7 Å². The Morgan fingerprint density at radius 1 is 1.16 bits per heavy atom. The quantitative estimate of drug-likeness (QED) is 0.178. The smallest absolute Gasteiger partial charge is 0.252 e. The van der Waals surface area contributed by atoms with Crippen LogP contribution in [0.15, 0.2) is 53.4 Å². The van der Waals surface area contributed by atoms with E-state index < -0.39 is 39.2 Å². The van der Waals surface area contributed by atoms with Crippen molar-refractivity contribution in [3.63, 3.8) is 0 Å². The Morgan fingerprint density at radius 2 is 1.91 bits per heavy atom. The first-order valence-electron chi connectivity index (χ1n) is 14.8. The van der Waals surface area contributed by atoms with Crippen molar-refractivity contribution in [3.8, 4) is 18.1 Å². The summed E-state index contributed by atoms with van der Waals surface area (Å²) in [5.74, 6) is 1.95. The van der Waals surface area contributed by atoms with Gasteiger partial charge in [-0.05, 0) is 54.5 Å². The van der Waals surface area contributed by atoms with Crippen LogP contribution in [-0.4, -0.2) is 73.6 Å². The van der Waals surface area contributed by atoms with Gasteiger partial charge in [0.15, 0.2) is 9.84 Å². The lowest BCUT2D eigenvalue weighted by Crippen LogP contribution is -2.60. The van der Waals surface area contributed by atoms with E-state index in [2.05, 4.69) is 22.0 Å². The highest BCUT2D eigenvalue weighted by molar-refractivity contribution is 7.92. The standard InChI is InChI=1S/C32H42N4O6S/c1-4-5-11-31(39)36(35-30(38)21-33-25-12-13-25)27(18-23-9-7-6-8-10-23)28(37)20-34-32(22(2)3)43(40,41)26-14-15-29-24(19-26)16-17-42-29/h1,6-10,14-15,19,22,25,27-28,32-34,37H,5,11-13,16-18,20-21H2,2-3H3,(H,35,38)/t27?,28-,32?/m1/s1. The van der Waals surface area contributed by atoms with Crippen molar-refractivity contribution in [3.05, 3.63) is 59.7 Å². The average Bonchev–Trinajstić information content (AvgIpc) is 3.70. The summed E-state index contributed by atoms with van der Waals surface area (Å²) in [6.07, 6.45) is 7.17. The van der Waals surface area contributed by atoms with Crippen LogP contribution in [0, 0.1) is 18.3 Å². The third-order valence-corrected chi connectivity index (χ3v) is 9.94. The number of hydrogen-bond donors (Lipinski definition) is 4. The number of carbonyl (C=O) groups is 2. The summed E-state index contributed by atoms with van der Waals surface area (Å²) in [4.78, 5) is 26.4. The van der Waals surface area contributed by atoms with Crippen LogP contribution in [0.25, 0.3) is 0 Å². The average molecular weight is 611 g/mol. The molecule has 0 radical (unpaired) electrons. The molecule has 2 aliphatic rings. The molecule has 0 spiro atoms. The van der Waals surface area contributed by atoms with E-state index >= 15 is 0 Å². The zero-order chi connectivity index (χ0) is 31.0. The number of benzene rings is 2. The van der Waals surface area contributed by atoms with Crippen molar-refractivity contribution in [2.24, 2.45) is 5.92 Å². The Hall–Kier alpha value is -3.43. The lowest BCUT2D eigenvalue weighted by atomic mass is 9.99. The second kappa shape index (κ2) is 14.8. The summed E-state index contributed by atoms with van der Waals surface area (Å²) < 4.78 is 33.0. The normalized spacial score (nSPS) is 16.4. The minimum Gasteiger partial charge on any atom is -0.493 e. The maximum absolute atomic E-state index is 13.8. The maximum Gasteiger partial charge on any atom is 0.252 e. The molecule has 4 rings (SSSR count). The van der Waals surface area contributed by atoms with Crippen LogP contribution in [0.1, 0.15) is 50.7 Å². The van der Waals surface area contributed by atoms with E-state index in [1.807, 2.05) is 30.3 Å². The molecule has 2 aromatic rings. The molecule has 3 atom stereocenters. The molecular weight excluding hydrogens is 568 g/mol. The van der Waals surface area contributed by atoms with E-state index in [0.29, 0.717) is 24.8 Å². The van der Waals surface area contributed by atoms with Crippen LogP contribution < -0.4 is 20.8 Å². The van der Waals surface area contributed by atoms with Crippen molar-refractivity contribution in [2.75, 3.05) is 19.7 Å². The van der Waals surface area contributed by atoms with Crippen molar-refractivity contribution in [1.29, 1.82) is 0 Å². The molecule has 1 saturated carbocycles. The van der Waals surface area contributed by atoms with Crippen LogP contribution >= 0.6 is 0 Å². The number of amides is 2. The fourth-order valence-electron chi connectivity index (χ4n) is 5.15. The number of aliphatic hydroxyl groups excluding tert-OH is 1. The van der Waals surface area contributed by atoms with Crippen LogP contribution in [0.5, 0.6) is 5.75 Å². The van der Waals surface area contributed by atoms with Gasteiger partial charge in [0.25, 0.3) is 5.91 Å². The number of fused-ring (bicyclic) bond motifs is 1. The molecule has 43 heavy (non-hydrogen) atoms. The van der Waals surface area contributed by atoms with Crippen LogP contribution in [-0.2, 0) is 32.3 Å². The Bertz CT molecular complexity index is 1400. The van der Waals surface area contributed by atoms with Gasteiger partial charge in [-0.3, -0.25) is 20.3 Å². The molecule has 232 valence electrons. The molecule has 1 aliphatic carbocycles. The second-order valence-corrected chi connectivity index (χ2v) is 13.5. The summed E-state index contributed by atoms with van der Waals surface area (Å²) in [6.45, 7) is 3.98. The van der Waals surface area contributed by atoms with Gasteiger partial charge in [-0.1, -0.05) is 44.2 Å². The van der Waals surface area contributed by atoms with Gasteiger partial charge in [-0.25, -0.2) is 13.4 Å². The summed E-state index contributed by atoms with van der Waals surface area (Å²) in [5, 5.41) is 17.9. The van der Waals surface area contributed by atoms with E-state index in [9.17, 15) is 23.1 Å². The Morgan fingerprint density at radius 3 is 2.58 bits per heavy atom. The van der Waals surface area contributed by atoms with Gasteiger partial charge in [0.1, 0.15) is 11.1 Å². The molecule has 2 amide bonds. The van der Waals surface area contributed by atoms with E-state index in [0.717, 1.165) is 24.0 Å². The number of nitrogens with zero attached hydrogens (tertiary/aromatic N) is 1. The number of ether oxygens (including phenoxy) is 1.